The van der Waals surface area contributed by atoms with Crippen LogP contribution >= 0.6 is 18.9 Å². The molecule has 148 valence electrons. The Morgan fingerprint density at radius 2 is 1.13 bits per heavy atom. The van der Waals surface area contributed by atoms with E-state index >= 15 is 0 Å². The molecule has 0 bridgehead atoms. The molecule has 4 aromatic rings. The van der Waals surface area contributed by atoms with Crippen molar-refractivity contribution in [2.75, 3.05) is 0 Å². The first-order chi connectivity index (χ1) is 14.7. The topological polar surface area (TPSA) is 0 Å². The van der Waals surface area contributed by atoms with Gasteiger partial charge in [-0.25, -0.2) is 0 Å². The largest absolute Gasteiger partial charge is 0.116 e. The number of hydrogen-bond acceptors (Lipinski definition) is 0. The summed E-state index contributed by atoms with van der Waals surface area (Å²) in [4.78, 5) is 0. The molecule has 4 aromatic carbocycles. The van der Waals surface area contributed by atoms with Crippen LogP contribution in [0.2, 0.25) is 5.02 Å². The van der Waals surface area contributed by atoms with E-state index in [4.69, 9.17) is 11.6 Å². The maximum atomic E-state index is 6.53. The van der Waals surface area contributed by atoms with Gasteiger partial charge in [0.05, 0.1) is 6.16 Å². The van der Waals surface area contributed by atoms with Gasteiger partial charge in [-0.1, -0.05) is 78.4 Å². The zero-order chi connectivity index (χ0) is 20.8. The van der Waals surface area contributed by atoms with Gasteiger partial charge in [-0.2, -0.15) is 0 Å². The minimum atomic E-state index is -1.92. The molecule has 4 rings (SSSR count). The molecule has 0 amide bonds. The number of halogens is 1. The Morgan fingerprint density at radius 1 is 0.667 bits per heavy atom. The molecule has 0 aromatic heterocycles. The summed E-state index contributed by atoms with van der Waals surface area (Å²) in [5, 5.41) is 4.94. The van der Waals surface area contributed by atoms with Crippen molar-refractivity contribution in [2.24, 2.45) is 0 Å². The summed E-state index contributed by atoms with van der Waals surface area (Å²) in [6.45, 7) is 2.04. The van der Waals surface area contributed by atoms with Crippen LogP contribution in [0.4, 0.5) is 0 Å². The van der Waals surface area contributed by atoms with Crippen LogP contribution < -0.4 is 15.9 Å². The Bertz CT molecular complexity index is 1020. The molecule has 0 saturated heterocycles. The third kappa shape index (κ3) is 4.26. The van der Waals surface area contributed by atoms with Gasteiger partial charge in [-0.3, -0.25) is 0 Å². The Kier molecular flexibility index (Phi) is 6.48. The van der Waals surface area contributed by atoms with Crippen LogP contribution in [0.1, 0.15) is 18.1 Å². The van der Waals surface area contributed by atoms with Crippen LogP contribution in [-0.2, 0) is 6.16 Å². The minimum Gasteiger partial charge on any atom is -0.0871 e. The van der Waals surface area contributed by atoms with Gasteiger partial charge in [0.1, 0.15) is 23.2 Å². The zero-order valence-corrected chi connectivity index (χ0v) is 18.7. The van der Waals surface area contributed by atoms with E-state index < -0.39 is 7.26 Å². The fourth-order valence-corrected chi connectivity index (χ4v) is 8.58. The van der Waals surface area contributed by atoms with E-state index in [1.807, 2.05) is 13.0 Å². The molecule has 0 atom stereocenters. The van der Waals surface area contributed by atoms with Gasteiger partial charge in [0.25, 0.3) is 0 Å². The molecule has 0 heterocycles. The lowest BCUT2D eigenvalue weighted by molar-refractivity contribution is 1.38. The van der Waals surface area contributed by atoms with Crippen LogP contribution in [0.3, 0.4) is 0 Å². The number of rotatable bonds is 6. The maximum absolute atomic E-state index is 6.53. The second-order valence-corrected chi connectivity index (χ2v) is 11.3. The summed E-state index contributed by atoms with van der Waals surface area (Å²) in [6, 6.07) is 39.3. The van der Waals surface area contributed by atoms with Crippen molar-refractivity contribution in [2.45, 2.75) is 13.1 Å². The van der Waals surface area contributed by atoms with Gasteiger partial charge >= 0.3 is 0 Å². The van der Waals surface area contributed by atoms with Crippen LogP contribution in [0.15, 0.2) is 115 Å². The highest BCUT2D eigenvalue weighted by Gasteiger charge is 2.45. The maximum Gasteiger partial charge on any atom is 0.116 e. The van der Waals surface area contributed by atoms with Crippen molar-refractivity contribution in [1.82, 2.24) is 0 Å². The first-order valence-corrected chi connectivity index (χ1v) is 12.5. The summed E-state index contributed by atoms with van der Waals surface area (Å²) in [6.07, 6.45) is 5.10. The highest BCUT2D eigenvalue weighted by molar-refractivity contribution is 7.95. The highest BCUT2D eigenvalue weighted by Crippen LogP contribution is 2.58. The van der Waals surface area contributed by atoms with E-state index in [0.29, 0.717) is 0 Å². The van der Waals surface area contributed by atoms with Crippen molar-refractivity contribution in [3.05, 3.63) is 131 Å². The summed E-state index contributed by atoms with van der Waals surface area (Å²) in [5.74, 6) is 0. The van der Waals surface area contributed by atoms with E-state index in [9.17, 15) is 0 Å². The first kappa shape index (κ1) is 20.6. The predicted octanol–water partition coefficient (Wildman–Crippen LogP) is 6.87. The molecule has 30 heavy (non-hydrogen) atoms. The standard InChI is InChI=1S/C28H25ClP/c1-2-12-23-19-24(21-25(29)20-23)22-30(26-13-6-3-7-14-26,27-15-8-4-9-16-27)28-17-10-5-11-18-28/h2-21H,22H2,1H3/q+1. The summed E-state index contributed by atoms with van der Waals surface area (Å²) >= 11 is 6.53. The van der Waals surface area contributed by atoms with Crippen molar-refractivity contribution in [3.8, 4) is 0 Å². The van der Waals surface area contributed by atoms with Crippen LogP contribution in [0, 0.1) is 0 Å². The SMILES string of the molecule is CC=Cc1cc(Cl)cc(C[P+](c2ccccc2)(c2ccccc2)c2ccccc2)c1. The quantitative estimate of drug-likeness (QED) is 0.294. The van der Waals surface area contributed by atoms with Gasteiger partial charge in [0.2, 0.25) is 0 Å². The summed E-state index contributed by atoms with van der Waals surface area (Å²) < 4.78 is 0. The summed E-state index contributed by atoms with van der Waals surface area (Å²) in [7, 11) is -1.92. The number of hydrogen-bond donors (Lipinski definition) is 0. The zero-order valence-electron chi connectivity index (χ0n) is 17.1. The smallest absolute Gasteiger partial charge is 0.0871 e. The van der Waals surface area contributed by atoms with Gasteiger partial charge in [-0.05, 0) is 72.6 Å². The Morgan fingerprint density at radius 3 is 1.57 bits per heavy atom. The monoisotopic (exact) mass is 427 g/mol. The van der Waals surface area contributed by atoms with Crippen molar-refractivity contribution >= 4 is 40.9 Å². The van der Waals surface area contributed by atoms with Crippen LogP contribution in [0.5, 0.6) is 0 Å². The lowest BCUT2D eigenvalue weighted by Crippen LogP contribution is -2.32. The van der Waals surface area contributed by atoms with Gasteiger partial charge in [-0.15, -0.1) is 0 Å². The molecule has 0 unspecified atom stereocenters. The number of allylic oxidation sites excluding steroid dienone is 1. The van der Waals surface area contributed by atoms with E-state index in [1.54, 1.807) is 0 Å². The molecular formula is C28H25ClP+. The lowest BCUT2D eigenvalue weighted by atomic mass is 10.1. The molecule has 2 heteroatoms. The third-order valence-corrected chi connectivity index (χ3v) is 9.95. The highest BCUT2D eigenvalue weighted by atomic mass is 35.5. The van der Waals surface area contributed by atoms with E-state index in [1.165, 1.54) is 21.5 Å². The van der Waals surface area contributed by atoms with Crippen LogP contribution in [0.25, 0.3) is 6.08 Å². The first-order valence-electron chi connectivity index (χ1n) is 10.2. The Hall–Kier alpha value is -2.66. The van der Waals surface area contributed by atoms with Crippen molar-refractivity contribution in [1.29, 1.82) is 0 Å². The minimum absolute atomic E-state index is 0.785. The molecule has 0 radical (unpaired) electrons. The second-order valence-electron chi connectivity index (χ2n) is 7.37. The normalized spacial score (nSPS) is 11.7. The Labute approximate surface area is 185 Å². The molecule has 0 fully saturated rings. The van der Waals surface area contributed by atoms with Gasteiger partial charge in [0, 0.05) is 5.02 Å². The molecule has 0 N–H and O–H groups in total. The van der Waals surface area contributed by atoms with Gasteiger partial charge < -0.3 is 0 Å². The van der Waals surface area contributed by atoms with E-state index in [2.05, 4.69) is 115 Å². The average Bonchev–Trinajstić information content (AvgIpc) is 2.79. The van der Waals surface area contributed by atoms with E-state index in [0.717, 1.165) is 16.7 Å². The molecule has 0 aliphatic rings. The average molecular weight is 428 g/mol. The molecule has 0 spiro atoms. The molecule has 0 aliphatic heterocycles. The predicted molar refractivity (Wildman–Crippen MR) is 135 cm³/mol. The molecule has 0 saturated carbocycles. The lowest BCUT2D eigenvalue weighted by Gasteiger charge is -2.28. The summed E-state index contributed by atoms with van der Waals surface area (Å²) in [5.41, 5.74) is 2.41. The second kappa shape index (κ2) is 9.43. The number of benzene rings is 4. The fraction of sp³-hybridized carbons (Fsp3) is 0.0714. The van der Waals surface area contributed by atoms with Crippen LogP contribution in [-0.4, -0.2) is 0 Å². The molecule has 0 nitrogen and oxygen atoms in total. The fourth-order valence-electron chi connectivity index (χ4n) is 4.10. The molecular weight excluding hydrogens is 403 g/mol. The molecule has 0 aliphatic carbocycles. The Balaban J connectivity index is 1.98. The van der Waals surface area contributed by atoms with Crippen molar-refractivity contribution < 1.29 is 0 Å². The third-order valence-electron chi connectivity index (χ3n) is 5.35. The van der Waals surface area contributed by atoms with Crippen molar-refractivity contribution in [3.63, 3.8) is 0 Å². The van der Waals surface area contributed by atoms with Gasteiger partial charge in [0.15, 0.2) is 0 Å². The van der Waals surface area contributed by atoms with E-state index in [-0.39, 0.29) is 0 Å².